The monoisotopic (exact) mass is 742 g/mol. The zero-order valence-electron chi connectivity index (χ0n) is 31.3. The fourth-order valence-electron chi connectivity index (χ4n) is 8.05. The van der Waals surface area contributed by atoms with E-state index in [1.807, 2.05) is 66.7 Å². The number of hydrogen-bond acceptors (Lipinski definition) is 5. The van der Waals surface area contributed by atoms with Crippen LogP contribution >= 0.6 is 0 Å². The molecule has 0 fully saturated rings. The molecule has 0 saturated heterocycles. The van der Waals surface area contributed by atoms with Crippen LogP contribution in [0.15, 0.2) is 211 Å². The van der Waals surface area contributed by atoms with Crippen molar-refractivity contribution >= 4 is 60.5 Å². The summed E-state index contributed by atoms with van der Waals surface area (Å²) in [6, 6.07) is 71.6. The first-order valence-corrected chi connectivity index (χ1v) is 19.4. The first-order chi connectivity index (χ1) is 28.7. The Morgan fingerprint density at radius 3 is 1.57 bits per heavy atom. The van der Waals surface area contributed by atoms with Gasteiger partial charge in [-0.05, 0) is 63.7 Å². The maximum atomic E-state index is 6.97. The molecule has 2 heterocycles. The molecule has 0 saturated carbocycles. The number of aromatic nitrogens is 3. The molecule has 11 rings (SSSR count). The SMILES string of the molecule is c1ccc(-c2ccc(N(c3ccc4ccccc4c3)c3cc(-c4nc(-c5ccccc5)nc(-c5ccccc5)n4)c4c(c3)oc3c5ccccc5ccc34)cc2)cc1. The smallest absolute Gasteiger partial charge is 0.164 e. The summed E-state index contributed by atoms with van der Waals surface area (Å²) in [5.41, 5.74) is 9.51. The third kappa shape index (κ3) is 5.94. The van der Waals surface area contributed by atoms with Crippen molar-refractivity contribution in [3.8, 4) is 45.3 Å². The zero-order chi connectivity index (χ0) is 38.4. The van der Waals surface area contributed by atoms with E-state index in [0.717, 1.165) is 77.4 Å². The van der Waals surface area contributed by atoms with Gasteiger partial charge in [-0.25, -0.2) is 15.0 Å². The Hall–Kier alpha value is -7.89. The van der Waals surface area contributed by atoms with E-state index < -0.39 is 0 Å². The van der Waals surface area contributed by atoms with Crippen LogP contribution < -0.4 is 4.90 Å². The summed E-state index contributed by atoms with van der Waals surface area (Å²) < 4.78 is 6.97. The van der Waals surface area contributed by atoms with Crippen LogP contribution in [-0.4, -0.2) is 15.0 Å². The number of nitrogens with zero attached hydrogens (tertiary/aromatic N) is 4. The normalized spacial score (nSPS) is 11.4. The Morgan fingerprint density at radius 1 is 0.345 bits per heavy atom. The lowest BCUT2D eigenvalue weighted by molar-refractivity contribution is 0.673. The Labute approximate surface area is 335 Å². The minimum Gasteiger partial charge on any atom is -0.455 e. The standard InChI is InChI=1S/C53H34N4O/c1-4-14-35(15-5-1)37-24-28-42(29-25-37)57(43-30-26-36-16-10-11-22-41(36)32-43)44-33-47(49-46-31-27-38-17-12-13-23-45(38)50(46)58-48(49)34-44)53-55-51(39-18-6-2-7-19-39)54-52(56-53)40-20-8-3-9-21-40/h1-34H. The summed E-state index contributed by atoms with van der Waals surface area (Å²) in [5, 5.41) is 6.45. The van der Waals surface area contributed by atoms with Gasteiger partial charge < -0.3 is 9.32 Å². The third-order valence-corrected chi connectivity index (χ3v) is 10.9. The van der Waals surface area contributed by atoms with Gasteiger partial charge in [-0.1, -0.05) is 164 Å². The molecule has 0 radical (unpaired) electrons. The first-order valence-electron chi connectivity index (χ1n) is 19.4. The highest BCUT2D eigenvalue weighted by Gasteiger charge is 2.23. The molecule has 0 bridgehead atoms. The lowest BCUT2D eigenvalue weighted by Crippen LogP contribution is -2.10. The van der Waals surface area contributed by atoms with E-state index in [1.54, 1.807) is 0 Å². The summed E-state index contributed by atoms with van der Waals surface area (Å²) in [6.07, 6.45) is 0. The van der Waals surface area contributed by atoms with Gasteiger partial charge in [0.2, 0.25) is 0 Å². The average molecular weight is 743 g/mol. The second-order valence-corrected chi connectivity index (χ2v) is 14.4. The highest BCUT2D eigenvalue weighted by atomic mass is 16.3. The molecule has 5 nitrogen and oxygen atoms in total. The van der Waals surface area contributed by atoms with E-state index in [2.05, 4.69) is 144 Å². The van der Waals surface area contributed by atoms with Crippen molar-refractivity contribution in [3.05, 3.63) is 206 Å². The van der Waals surface area contributed by atoms with Gasteiger partial charge in [0.15, 0.2) is 17.5 Å². The van der Waals surface area contributed by atoms with Gasteiger partial charge in [0.1, 0.15) is 11.2 Å². The first kappa shape index (κ1) is 33.4. The van der Waals surface area contributed by atoms with Crippen molar-refractivity contribution < 1.29 is 4.42 Å². The van der Waals surface area contributed by atoms with Crippen LogP contribution in [0.25, 0.3) is 88.8 Å². The topological polar surface area (TPSA) is 55.1 Å². The van der Waals surface area contributed by atoms with Gasteiger partial charge in [0.25, 0.3) is 0 Å². The maximum Gasteiger partial charge on any atom is 0.164 e. The maximum absolute atomic E-state index is 6.97. The molecule has 272 valence electrons. The Balaban J connectivity index is 1.20. The largest absolute Gasteiger partial charge is 0.455 e. The van der Waals surface area contributed by atoms with Crippen LogP contribution in [0.1, 0.15) is 0 Å². The van der Waals surface area contributed by atoms with E-state index in [9.17, 15) is 0 Å². The van der Waals surface area contributed by atoms with Gasteiger partial charge in [0, 0.05) is 50.3 Å². The number of hydrogen-bond donors (Lipinski definition) is 0. The number of rotatable bonds is 7. The average Bonchev–Trinajstić information content (AvgIpc) is 3.69. The van der Waals surface area contributed by atoms with Gasteiger partial charge in [-0.2, -0.15) is 0 Å². The minimum absolute atomic E-state index is 0.563. The molecule has 58 heavy (non-hydrogen) atoms. The molecule has 0 unspecified atom stereocenters. The van der Waals surface area contributed by atoms with E-state index in [0.29, 0.717) is 17.5 Å². The van der Waals surface area contributed by atoms with Gasteiger partial charge in [-0.3, -0.25) is 0 Å². The van der Waals surface area contributed by atoms with Crippen molar-refractivity contribution in [2.45, 2.75) is 0 Å². The fraction of sp³-hybridized carbons (Fsp3) is 0. The van der Waals surface area contributed by atoms with Crippen LogP contribution in [0, 0.1) is 0 Å². The van der Waals surface area contributed by atoms with E-state index >= 15 is 0 Å². The predicted octanol–water partition coefficient (Wildman–Crippen LogP) is 14.2. The van der Waals surface area contributed by atoms with E-state index in [-0.39, 0.29) is 0 Å². The van der Waals surface area contributed by atoms with Crippen molar-refractivity contribution in [1.82, 2.24) is 15.0 Å². The molecule has 2 aromatic heterocycles. The molecule has 9 aromatic carbocycles. The molecule has 11 aromatic rings. The minimum atomic E-state index is 0.563. The van der Waals surface area contributed by atoms with Gasteiger partial charge >= 0.3 is 0 Å². The third-order valence-electron chi connectivity index (χ3n) is 10.9. The molecule has 0 aliphatic carbocycles. The number of furan rings is 1. The quantitative estimate of drug-likeness (QED) is 0.163. The fourth-order valence-corrected chi connectivity index (χ4v) is 8.05. The van der Waals surface area contributed by atoms with Crippen molar-refractivity contribution in [3.63, 3.8) is 0 Å². The molecule has 0 N–H and O–H groups in total. The molecular formula is C53H34N4O. The van der Waals surface area contributed by atoms with Crippen LogP contribution in [0.4, 0.5) is 17.1 Å². The summed E-state index contributed by atoms with van der Waals surface area (Å²) in [7, 11) is 0. The van der Waals surface area contributed by atoms with E-state index in [4.69, 9.17) is 19.4 Å². The second-order valence-electron chi connectivity index (χ2n) is 14.4. The van der Waals surface area contributed by atoms with Gasteiger partial charge in [0.05, 0.1) is 5.69 Å². The lowest BCUT2D eigenvalue weighted by atomic mass is 10.0. The van der Waals surface area contributed by atoms with Crippen LogP contribution in [0.5, 0.6) is 0 Å². The highest BCUT2D eigenvalue weighted by molar-refractivity contribution is 6.19. The highest BCUT2D eigenvalue weighted by Crippen LogP contribution is 2.45. The molecule has 0 aliphatic rings. The summed E-state index contributed by atoms with van der Waals surface area (Å²) in [5.74, 6) is 1.77. The Morgan fingerprint density at radius 2 is 0.879 bits per heavy atom. The Kier molecular flexibility index (Phi) is 8.07. The van der Waals surface area contributed by atoms with Crippen molar-refractivity contribution in [2.75, 3.05) is 4.90 Å². The molecule has 0 aliphatic heterocycles. The summed E-state index contributed by atoms with van der Waals surface area (Å²) in [4.78, 5) is 17.8. The summed E-state index contributed by atoms with van der Waals surface area (Å²) >= 11 is 0. The van der Waals surface area contributed by atoms with Crippen LogP contribution in [-0.2, 0) is 0 Å². The molecule has 5 heteroatoms. The molecular weight excluding hydrogens is 709 g/mol. The van der Waals surface area contributed by atoms with Crippen molar-refractivity contribution in [2.24, 2.45) is 0 Å². The molecule has 0 amide bonds. The number of benzene rings is 9. The number of fused-ring (bicyclic) bond motifs is 6. The lowest BCUT2D eigenvalue weighted by Gasteiger charge is -2.26. The van der Waals surface area contributed by atoms with E-state index in [1.165, 1.54) is 10.9 Å². The number of anilines is 3. The molecule has 0 atom stereocenters. The van der Waals surface area contributed by atoms with Crippen LogP contribution in [0.2, 0.25) is 0 Å². The summed E-state index contributed by atoms with van der Waals surface area (Å²) in [6.45, 7) is 0. The van der Waals surface area contributed by atoms with Crippen LogP contribution in [0.3, 0.4) is 0 Å². The zero-order valence-corrected chi connectivity index (χ0v) is 31.3. The Bertz CT molecular complexity index is 3210. The second kappa shape index (κ2) is 14.0. The van der Waals surface area contributed by atoms with Crippen molar-refractivity contribution in [1.29, 1.82) is 0 Å². The predicted molar refractivity (Wildman–Crippen MR) is 239 cm³/mol. The molecule has 0 spiro atoms. The van der Waals surface area contributed by atoms with Gasteiger partial charge in [-0.15, -0.1) is 0 Å².